The summed E-state index contributed by atoms with van der Waals surface area (Å²) in [6.45, 7) is 2.92. The van der Waals surface area contributed by atoms with Gasteiger partial charge in [0, 0.05) is 38.6 Å². The van der Waals surface area contributed by atoms with Crippen molar-refractivity contribution in [1.29, 1.82) is 0 Å². The van der Waals surface area contributed by atoms with E-state index in [0.29, 0.717) is 18.0 Å². The van der Waals surface area contributed by atoms with Gasteiger partial charge in [0.2, 0.25) is 10.0 Å². The van der Waals surface area contributed by atoms with Crippen LogP contribution in [-0.4, -0.2) is 59.5 Å². The molecule has 0 spiro atoms. The molecule has 4 rings (SSSR count). The number of sulfonamides is 1. The molecule has 0 radical (unpaired) electrons. The molecular weight excluding hydrogens is 455 g/mol. The van der Waals surface area contributed by atoms with Gasteiger partial charge in [-0.3, -0.25) is 9.48 Å². The van der Waals surface area contributed by atoms with Crippen molar-refractivity contribution in [2.24, 2.45) is 7.05 Å². The van der Waals surface area contributed by atoms with Gasteiger partial charge in [-0.25, -0.2) is 8.42 Å². The lowest BCUT2D eigenvalue weighted by Gasteiger charge is -2.34. The fourth-order valence-electron chi connectivity index (χ4n) is 3.42. The van der Waals surface area contributed by atoms with E-state index in [-0.39, 0.29) is 33.9 Å². The molecule has 0 bridgehead atoms. The van der Waals surface area contributed by atoms with Gasteiger partial charge in [-0.15, -0.1) is 11.3 Å². The van der Waals surface area contributed by atoms with Crippen LogP contribution < -0.4 is 0 Å². The van der Waals surface area contributed by atoms with Crippen LogP contribution in [0.25, 0.3) is 10.2 Å². The van der Waals surface area contributed by atoms with Crippen molar-refractivity contribution in [3.8, 4) is 0 Å². The highest BCUT2D eigenvalue weighted by Crippen LogP contribution is 2.32. The number of carbonyl (C=O) groups excluding carboxylic acids is 1. The number of carbonyl (C=O) groups is 1. The smallest absolute Gasteiger partial charge is 0.264 e. The minimum absolute atomic E-state index is 0.0149. The molecule has 3 aromatic rings. The quantitative estimate of drug-likeness (QED) is 0.585. The number of halogens is 2. The molecule has 154 valence electrons. The fraction of sp³-hybridized carbons (Fsp3) is 0.333. The minimum atomic E-state index is -3.78. The van der Waals surface area contributed by atoms with Crippen molar-refractivity contribution in [1.82, 2.24) is 19.0 Å². The Morgan fingerprint density at radius 1 is 1.17 bits per heavy atom. The average Bonchev–Trinajstić information content (AvgIpc) is 3.25. The second kappa shape index (κ2) is 7.55. The van der Waals surface area contributed by atoms with Crippen molar-refractivity contribution in [2.75, 3.05) is 26.2 Å². The van der Waals surface area contributed by atoms with Crippen LogP contribution >= 0.6 is 34.5 Å². The molecule has 0 unspecified atom stereocenters. The summed E-state index contributed by atoms with van der Waals surface area (Å²) in [6, 6.07) is 6.40. The average molecular weight is 473 g/mol. The maximum Gasteiger partial charge on any atom is 0.264 e. The second-order valence-corrected chi connectivity index (χ2v) is 10.5. The summed E-state index contributed by atoms with van der Waals surface area (Å²) < 4.78 is 29.0. The van der Waals surface area contributed by atoms with E-state index in [0.717, 1.165) is 15.9 Å². The highest BCUT2D eigenvalue weighted by molar-refractivity contribution is 7.89. The molecule has 3 heterocycles. The number of benzene rings is 1. The number of amides is 1. The first-order valence-electron chi connectivity index (χ1n) is 8.86. The molecule has 0 N–H and O–H groups in total. The van der Waals surface area contributed by atoms with E-state index in [1.54, 1.807) is 21.7 Å². The highest BCUT2D eigenvalue weighted by Gasteiger charge is 2.32. The van der Waals surface area contributed by atoms with Gasteiger partial charge in [-0.1, -0.05) is 29.3 Å². The monoisotopic (exact) mass is 472 g/mol. The maximum atomic E-state index is 12.9. The van der Waals surface area contributed by atoms with Gasteiger partial charge in [0.25, 0.3) is 5.91 Å². The predicted molar refractivity (Wildman–Crippen MR) is 114 cm³/mol. The first kappa shape index (κ1) is 20.6. The van der Waals surface area contributed by atoms with Gasteiger partial charge in [-0.2, -0.15) is 9.40 Å². The summed E-state index contributed by atoms with van der Waals surface area (Å²) in [4.78, 5) is 16.2. The molecule has 1 aliphatic heterocycles. The van der Waals surface area contributed by atoms with Crippen molar-refractivity contribution < 1.29 is 13.2 Å². The summed E-state index contributed by atoms with van der Waals surface area (Å²) in [7, 11) is -1.93. The van der Waals surface area contributed by atoms with Gasteiger partial charge in [0.1, 0.15) is 9.73 Å². The summed E-state index contributed by atoms with van der Waals surface area (Å²) in [5.41, 5.74) is 0.882. The van der Waals surface area contributed by atoms with E-state index in [1.165, 1.54) is 21.7 Å². The van der Waals surface area contributed by atoms with Crippen LogP contribution in [0, 0.1) is 6.92 Å². The van der Waals surface area contributed by atoms with Crippen molar-refractivity contribution in [3.05, 3.63) is 44.9 Å². The van der Waals surface area contributed by atoms with Crippen LogP contribution in [0.4, 0.5) is 0 Å². The number of nitrogens with zero attached hydrogens (tertiary/aromatic N) is 4. The predicted octanol–water partition coefficient (Wildman–Crippen LogP) is 3.40. The molecule has 29 heavy (non-hydrogen) atoms. The molecule has 0 saturated carbocycles. The number of thiophene rings is 1. The SMILES string of the molecule is Cc1nn(C)c2sc(C(=O)N3CCN(S(=O)(=O)c4cccc(Cl)c4Cl)CC3)cc12. The Kier molecular flexibility index (Phi) is 5.37. The zero-order chi connectivity index (χ0) is 20.9. The maximum absolute atomic E-state index is 12.9. The largest absolute Gasteiger partial charge is 0.335 e. The van der Waals surface area contributed by atoms with Gasteiger partial charge < -0.3 is 4.90 Å². The van der Waals surface area contributed by atoms with Gasteiger partial charge in [0.05, 0.1) is 20.6 Å². The zero-order valence-corrected chi connectivity index (χ0v) is 18.9. The Morgan fingerprint density at radius 3 is 2.52 bits per heavy atom. The number of aromatic nitrogens is 2. The molecule has 1 aliphatic rings. The van der Waals surface area contributed by atoms with E-state index < -0.39 is 10.0 Å². The van der Waals surface area contributed by atoms with Crippen LogP contribution in [0.15, 0.2) is 29.2 Å². The lowest BCUT2D eigenvalue weighted by atomic mass is 10.3. The first-order chi connectivity index (χ1) is 13.7. The fourth-order valence-corrected chi connectivity index (χ4v) is 6.67. The van der Waals surface area contributed by atoms with Gasteiger partial charge in [-0.05, 0) is 25.1 Å². The number of piperazine rings is 1. The lowest BCUT2D eigenvalue weighted by molar-refractivity contribution is 0.0703. The van der Waals surface area contributed by atoms with Crippen LogP contribution in [0.3, 0.4) is 0 Å². The van der Waals surface area contributed by atoms with Crippen LogP contribution in [-0.2, 0) is 17.1 Å². The van der Waals surface area contributed by atoms with Gasteiger partial charge >= 0.3 is 0 Å². The van der Waals surface area contributed by atoms with Crippen molar-refractivity contribution >= 4 is 60.7 Å². The lowest BCUT2D eigenvalue weighted by Crippen LogP contribution is -2.50. The number of rotatable bonds is 3. The Labute approximate surface area is 182 Å². The van der Waals surface area contributed by atoms with Crippen LogP contribution in [0.5, 0.6) is 0 Å². The summed E-state index contributed by atoms with van der Waals surface area (Å²) in [6.07, 6.45) is 0. The summed E-state index contributed by atoms with van der Waals surface area (Å²) in [5.74, 6) is -0.0940. The van der Waals surface area contributed by atoms with Crippen molar-refractivity contribution in [3.63, 3.8) is 0 Å². The number of hydrogen-bond acceptors (Lipinski definition) is 5. The molecule has 1 saturated heterocycles. The van der Waals surface area contributed by atoms with Crippen molar-refractivity contribution in [2.45, 2.75) is 11.8 Å². The Hall–Kier alpha value is -1.65. The summed E-state index contributed by atoms with van der Waals surface area (Å²) in [5, 5.41) is 5.53. The molecule has 7 nitrogen and oxygen atoms in total. The van der Waals surface area contributed by atoms with Crippen LogP contribution in [0.1, 0.15) is 15.4 Å². The zero-order valence-electron chi connectivity index (χ0n) is 15.7. The van der Waals surface area contributed by atoms with E-state index >= 15 is 0 Å². The highest BCUT2D eigenvalue weighted by atomic mass is 35.5. The summed E-state index contributed by atoms with van der Waals surface area (Å²) >= 11 is 13.5. The molecule has 0 atom stereocenters. The first-order valence-corrected chi connectivity index (χ1v) is 11.9. The third-order valence-corrected chi connectivity index (χ3v) is 9.03. The molecule has 1 fully saturated rings. The van der Waals surface area contributed by atoms with E-state index in [1.807, 2.05) is 20.0 Å². The molecule has 0 aliphatic carbocycles. The molecule has 1 amide bonds. The molecular formula is C18H18Cl2N4O3S2. The third kappa shape index (κ3) is 3.55. The minimum Gasteiger partial charge on any atom is -0.335 e. The van der Waals surface area contributed by atoms with Gasteiger partial charge in [0.15, 0.2) is 0 Å². The Morgan fingerprint density at radius 2 is 1.86 bits per heavy atom. The standard InChI is InChI=1S/C18H18Cl2N4O3S2/c1-11-12-10-14(28-18(12)22(2)21-11)17(25)23-6-8-24(9-7-23)29(26,27)15-5-3-4-13(19)16(15)20/h3-5,10H,6-9H2,1-2H3. The normalized spacial score (nSPS) is 15.9. The number of hydrogen-bond donors (Lipinski definition) is 0. The third-order valence-electron chi connectivity index (χ3n) is 4.97. The second-order valence-electron chi connectivity index (χ2n) is 6.79. The van der Waals surface area contributed by atoms with E-state index in [2.05, 4.69) is 5.10 Å². The van der Waals surface area contributed by atoms with E-state index in [9.17, 15) is 13.2 Å². The molecule has 2 aromatic heterocycles. The Bertz CT molecular complexity index is 1180. The number of fused-ring (bicyclic) bond motifs is 1. The number of aryl methyl sites for hydroxylation is 2. The Balaban J connectivity index is 1.50. The van der Waals surface area contributed by atoms with Crippen LogP contribution in [0.2, 0.25) is 10.0 Å². The van der Waals surface area contributed by atoms with E-state index in [4.69, 9.17) is 23.2 Å². The molecule has 1 aromatic carbocycles. The topological polar surface area (TPSA) is 75.5 Å². The molecule has 11 heteroatoms.